The number of nitro groups is 1. The van der Waals surface area contributed by atoms with Gasteiger partial charge in [-0.05, 0) is 48.9 Å². The number of hydrogen-bond donors (Lipinski definition) is 2. The number of non-ortho nitro benzene ring substituents is 1. The van der Waals surface area contributed by atoms with Gasteiger partial charge in [-0.15, -0.1) is 11.3 Å². The van der Waals surface area contributed by atoms with Crippen LogP contribution in [-0.4, -0.2) is 16.7 Å². The van der Waals surface area contributed by atoms with E-state index in [2.05, 4.69) is 17.8 Å². The van der Waals surface area contributed by atoms with E-state index in [9.17, 15) is 19.7 Å². The highest BCUT2D eigenvalue weighted by Crippen LogP contribution is 2.32. The molecule has 2 aromatic rings. The number of nitrogens with one attached hydrogen (secondary N) is 2. The molecule has 1 atom stereocenters. The van der Waals surface area contributed by atoms with Crippen molar-refractivity contribution in [2.24, 2.45) is 5.92 Å². The highest BCUT2D eigenvalue weighted by atomic mass is 32.1. The minimum absolute atomic E-state index is 0.0982. The summed E-state index contributed by atoms with van der Waals surface area (Å²) in [5, 5.41) is 10.6. The van der Waals surface area contributed by atoms with Crippen molar-refractivity contribution in [3.63, 3.8) is 0 Å². The highest BCUT2D eigenvalue weighted by Gasteiger charge is 2.21. The Kier molecular flexibility index (Phi) is 4.80. The average molecular weight is 359 g/mol. The van der Waals surface area contributed by atoms with E-state index in [-0.39, 0.29) is 17.2 Å². The van der Waals surface area contributed by atoms with E-state index in [0.29, 0.717) is 10.8 Å². The normalized spacial score (nSPS) is 16.0. The van der Waals surface area contributed by atoms with Crippen molar-refractivity contribution in [2.75, 3.05) is 0 Å². The Bertz CT molecular complexity index is 829. The standard InChI is InChI=1S/C17H17N3O4S/c1-10-2-7-14-12(8-10)9-15(25-14)17(22)19-18-16(21)11-3-5-13(6-4-11)20(23)24/h3-6,9-10H,2,7-8H2,1H3,(H,18,21)(H,19,22)/t10-/m0/s1. The largest absolute Gasteiger partial charge is 0.279 e. The lowest BCUT2D eigenvalue weighted by molar-refractivity contribution is -0.384. The molecule has 1 heterocycles. The number of fused-ring (bicyclic) bond motifs is 1. The first-order chi connectivity index (χ1) is 11.9. The predicted octanol–water partition coefficient (Wildman–Crippen LogP) is 2.86. The van der Waals surface area contributed by atoms with E-state index in [1.54, 1.807) is 0 Å². The van der Waals surface area contributed by atoms with Crippen LogP contribution in [-0.2, 0) is 12.8 Å². The number of nitrogens with zero attached hydrogens (tertiary/aromatic N) is 1. The summed E-state index contributed by atoms with van der Waals surface area (Å²) in [6.45, 7) is 2.20. The fourth-order valence-electron chi connectivity index (χ4n) is 2.80. The number of amides is 2. The molecule has 0 aliphatic heterocycles. The Balaban J connectivity index is 1.60. The van der Waals surface area contributed by atoms with Crippen molar-refractivity contribution in [2.45, 2.75) is 26.2 Å². The Hall–Kier alpha value is -2.74. The van der Waals surface area contributed by atoms with Gasteiger partial charge in [0, 0.05) is 22.6 Å². The summed E-state index contributed by atoms with van der Waals surface area (Å²) >= 11 is 1.46. The van der Waals surface area contributed by atoms with E-state index >= 15 is 0 Å². The van der Waals surface area contributed by atoms with Gasteiger partial charge in [0.05, 0.1) is 9.80 Å². The van der Waals surface area contributed by atoms with Gasteiger partial charge < -0.3 is 0 Å². The second kappa shape index (κ2) is 7.02. The number of carbonyl (C=O) groups excluding carboxylic acids is 2. The first-order valence-corrected chi connectivity index (χ1v) is 8.72. The van der Waals surface area contributed by atoms with Gasteiger partial charge >= 0.3 is 0 Å². The number of hydrazine groups is 1. The molecule has 1 aliphatic rings. The molecule has 0 unspecified atom stereocenters. The molecule has 0 bridgehead atoms. The summed E-state index contributed by atoms with van der Waals surface area (Å²) in [4.78, 5) is 36.1. The van der Waals surface area contributed by atoms with E-state index in [0.717, 1.165) is 19.3 Å². The topological polar surface area (TPSA) is 101 Å². The third-order valence-electron chi connectivity index (χ3n) is 4.18. The van der Waals surface area contributed by atoms with Gasteiger partial charge in [-0.1, -0.05) is 6.92 Å². The van der Waals surface area contributed by atoms with Gasteiger partial charge in [0.1, 0.15) is 0 Å². The first-order valence-electron chi connectivity index (χ1n) is 7.90. The maximum absolute atomic E-state index is 12.2. The van der Waals surface area contributed by atoms with Crippen molar-refractivity contribution in [1.82, 2.24) is 10.9 Å². The van der Waals surface area contributed by atoms with Gasteiger partial charge in [0.2, 0.25) is 0 Å². The van der Waals surface area contributed by atoms with Crippen LogP contribution in [0.4, 0.5) is 5.69 Å². The molecule has 3 rings (SSSR count). The zero-order valence-corrected chi connectivity index (χ0v) is 14.4. The first kappa shape index (κ1) is 17.1. The fourth-order valence-corrected chi connectivity index (χ4v) is 3.90. The molecular weight excluding hydrogens is 342 g/mol. The van der Waals surface area contributed by atoms with Gasteiger partial charge in [0.25, 0.3) is 17.5 Å². The van der Waals surface area contributed by atoms with Crippen molar-refractivity contribution in [3.8, 4) is 0 Å². The minimum atomic E-state index is -0.539. The molecule has 0 saturated heterocycles. The Morgan fingerprint density at radius 2 is 1.88 bits per heavy atom. The van der Waals surface area contributed by atoms with Crippen LogP contribution in [0, 0.1) is 16.0 Å². The SMILES string of the molecule is C[C@H]1CCc2sc(C(=O)NNC(=O)c3ccc([N+](=O)[O-])cc3)cc2C1. The molecule has 1 aromatic carbocycles. The fraction of sp³-hybridized carbons (Fsp3) is 0.294. The average Bonchev–Trinajstić information content (AvgIpc) is 3.02. The number of benzene rings is 1. The molecule has 0 spiro atoms. The van der Waals surface area contributed by atoms with Gasteiger partial charge in [0.15, 0.2) is 0 Å². The third kappa shape index (κ3) is 3.85. The van der Waals surface area contributed by atoms with Gasteiger partial charge in [-0.3, -0.25) is 30.6 Å². The molecule has 130 valence electrons. The molecule has 1 aliphatic carbocycles. The molecule has 2 amide bonds. The number of rotatable bonds is 3. The summed E-state index contributed by atoms with van der Waals surface area (Å²) in [6, 6.07) is 7.05. The lowest BCUT2D eigenvalue weighted by atomic mass is 9.90. The van der Waals surface area contributed by atoms with Crippen molar-refractivity contribution in [1.29, 1.82) is 0 Å². The van der Waals surface area contributed by atoms with Crippen LogP contribution in [0.15, 0.2) is 30.3 Å². The summed E-state index contributed by atoms with van der Waals surface area (Å²) in [7, 11) is 0. The molecule has 2 N–H and O–H groups in total. The Morgan fingerprint density at radius 1 is 1.20 bits per heavy atom. The van der Waals surface area contributed by atoms with Crippen LogP contribution in [0.3, 0.4) is 0 Å². The van der Waals surface area contributed by atoms with Gasteiger partial charge in [-0.2, -0.15) is 0 Å². The maximum atomic E-state index is 12.2. The van der Waals surface area contributed by atoms with Crippen LogP contribution in [0.1, 0.15) is 43.8 Å². The number of carbonyl (C=O) groups is 2. The van der Waals surface area contributed by atoms with Crippen LogP contribution >= 0.6 is 11.3 Å². The third-order valence-corrected chi connectivity index (χ3v) is 5.42. The van der Waals surface area contributed by atoms with Crippen LogP contribution < -0.4 is 10.9 Å². The maximum Gasteiger partial charge on any atom is 0.279 e. The number of nitro benzene ring substituents is 1. The molecule has 1 aromatic heterocycles. The van der Waals surface area contributed by atoms with Crippen LogP contribution in [0.5, 0.6) is 0 Å². The number of hydrogen-bond acceptors (Lipinski definition) is 5. The second-order valence-corrected chi connectivity index (χ2v) is 7.26. The Morgan fingerprint density at radius 3 is 2.56 bits per heavy atom. The molecule has 0 saturated carbocycles. The molecular formula is C17H17N3O4S. The minimum Gasteiger partial charge on any atom is -0.267 e. The van der Waals surface area contributed by atoms with E-state index in [4.69, 9.17) is 0 Å². The number of aryl methyl sites for hydroxylation is 1. The molecule has 0 fully saturated rings. The highest BCUT2D eigenvalue weighted by molar-refractivity contribution is 7.14. The summed E-state index contributed by atoms with van der Waals surface area (Å²) < 4.78 is 0. The van der Waals surface area contributed by atoms with Crippen LogP contribution in [0.25, 0.3) is 0 Å². The summed E-state index contributed by atoms with van der Waals surface area (Å²) in [6.07, 6.45) is 3.10. The smallest absolute Gasteiger partial charge is 0.267 e. The zero-order valence-electron chi connectivity index (χ0n) is 13.6. The van der Waals surface area contributed by atoms with E-state index in [1.807, 2.05) is 6.07 Å². The van der Waals surface area contributed by atoms with Gasteiger partial charge in [-0.25, -0.2) is 0 Å². The van der Waals surface area contributed by atoms with Crippen molar-refractivity contribution in [3.05, 3.63) is 61.3 Å². The lowest BCUT2D eigenvalue weighted by Gasteiger charge is -2.16. The van der Waals surface area contributed by atoms with Crippen molar-refractivity contribution < 1.29 is 14.5 Å². The second-order valence-electron chi connectivity index (χ2n) is 6.12. The summed E-state index contributed by atoms with van der Waals surface area (Å²) in [5.74, 6) is -0.264. The molecule has 25 heavy (non-hydrogen) atoms. The van der Waals surface area contributed by atoms with E-state index < -0.39 is 10.8 Å². The monoisotopic (exact) mass is 359 g/mol. The van der Waals surface area contributed by atoms with Crippen LogP contribution in [0.2, 0.25) is 0 Å². The zero-order chi connectivity index (χ0) is 18.0. The predicted molar refractivity (Wildman–Crippen MR) is 93.5 cm³/mol. The quantitative estimate of drug-likeness (QED) is 0.650. The summed E-state index contributed by atoms with van der Waals surface area (Å²) in [5.41, 5.74) is 6.07. The van der Waals surface area contributed by atoms with E-state index in [1.165, 1.54) is 46.0 Å². The molecule has 8 heteroatoms. The lowest BCUT2D eigenvalue weighted by Crippen LogP contribution is -2.41. The van der Waals surface area contributed by atoms with Crippen molar-refractivity contribution >= 4 is 28.8 Å². The molecule has 0 radical (unpaired) electrons. The number of thiophene rings is 1. The Labute approximate surface area is 148 Å². The molecule has 7 nitrogen and oxygen atoms in total.